The molecule has 13 heavy (non-hydrogen) atoms. The number of hydrogen-bond donors (Lipinski definition) is 0. The monoisotopic (exact) mass is 201 g/mol. The summed E-state index contributed by atoms with van der Waals surface area (Å²) in [6, 6.07) is 0. The van der Waals surface area contributed by atoms with Crippen LogP contribution in [0.1, 0.15) is 39.0 Å². The average molecular weight is 201 g/mol. The fourth-order valence-corrected chi connectivity index (χ4v) is 2.74. The van der Waals surface area contributed by atoms with E-state index in [2.05, 4.69) is 6.58 Å². The maximum absolute atomic E-state index is 11.5. The Balaban J connectivity index is 2.40. The van der Waals surface area contributed by atoms with Gasteiger partial charge < -0.3 is 0 Å². The third kappa shape index (κ3) is 3.21. The number of hydrogen-bond acceptors (Lipinski definition) is 2. The summed E-state index contributed by atoms with van der Waals surface area (Å²) in [7, 11) is -1.61. The molecule has 0 saturated heterocycles. The third-order valence-corrected chi connectivity index (χ3v) is 3.88. The SMILES string of the molecule is C=C(C1CCCCC1)[P+](=O)OCC. The first-order valence-corrected chi connectivity index (χ1v) is 6.22. The first-order chi connectivity index (χ1) is 6.25. The van der Waals surface area contributed by atoms with Gasteiger partial charge >= 0.3 is 8.03 Å². The molecule has 0 aromatic carbocycles. The third-order valence-electron chi connectivity index (χ3n) is 2.56. The van der Waals surface area contributed by atoms with Crippen molar-refractivity contribution < 1.29 is 9.09 Å². The van der Waals surface area contributed by atoms with E-state index >= 15 is 0 Å². The smallest absolute Gasteiger partial charge is 0.142 e. The molecule has 1 fully saturated rings. The molecule has 1 saturated carbocycles. The molecular formula is C10H18O2P+. The van der Waals surface area contributed by atoms with Gasteiger partial charge in [0.1, 0.15) is 6.61 Å². The summed E-state index contributed by atoms with van der Waals surface area (Å²) >= 11 is 0. The first kappa shape index (κ1) is 10.9. The van der Waals surface area contributed by atoms with Gasteiger partial charge in [-0.25, -0.2) is 0 Å². The lowest BCUT2D eigenvalue weighted by atomic mass is 9.89. The van der Waals surface area contributed by atoms with Crippen molar-refractivity contribution in [2.75, 3.05) is 6.61 Å². The van der Waals surface area contributed by atoms with Gasteiger partial charge in [-0.1, -0.05) is 19.3 Å². The van der Waals surface area contributed by atoms with E-state index in [0.717, 1.165) is 18.2 Å². The highest BCUT2D eigenvalue weighted by Gasteiger charge is 2.31. The van der Waals surface area contributed by atoms with E-state index in [0.29, 0.717) is 12.5 Å². The van der Waals surface area contributed by atoms with Crippen molar-refractivity contribution in [2.45, 2.75) is 39.0 Å². The van der Waals surface area contributed by atoms with E-state index in [4.69, 9.17) is 4.52 Å². The summed E-state index contributed by atoms with van der Waals surface area (Å²) in [4.78, 5) is 0. The molecule has 0 aromatic rings. The van der Waals surface area contributed by atoms with Gasteiger partial charge in [-0.3, -0.25) is 0 Å². The second kappa shape index (κ2) is 5.51. The highest BCUT2D eigenvalue weighted by molar-refractivity contribution is 7.44. The number of allylic oxidation sites excluding steroid dienone is 1. The van der Waals surface area contributed by atoms with Crippen LogP contribution in [-0.4, -0.2) is 6.61 Å². The maximum Gasteiger partial charge on any atom is 0.543 e. The molecule has 0 spiro atoms. The molecule has 3 heteroatoms. The summed E-state index contributed by atoms with van der Waals surface area (Å²) in [5.41, 5.74) is 0. The van der Waals surface area contributed by atoms with Crippen LogP contribution in [0.3, 0.4) is 0 Å². The molecule has 0 bridgehead atoms. The molecule has 74 valence electrons. The van der Waals surface area contributed by atoms with Crippen molar-refractivity contribution >= 4 is 8.03 Å². The maximum atomic E-state index is 11.5. The van der Waals surface area contributed by atoms with Crippen LogP contribution in [0.15, 0.2) is 11.9 Å². The minimum Gasteiger partial charge on any atom is -0.142 e. The number of rotatable bonds is 4. The Labute approximate surface area is 81.2 Å². The molecule has 1 unspecified atom stereocenters. The van der Waals surface area contributed by atoms with Crippen LogP contribution in [0.25, 0.3) is 0 Å². The zero-order chi connectivity index (χ0) is 9.68. The molecule has 0 aliphatic heterocycles. The molecule has 0 heterocycles. The van der Waals surface area contributed by atoms with Crippen LogP contribution < -0.4 is 0 Å². The van der Waals surface area contributed by atoms with Gasteiger partial charge in [0.25, 0.3) is 0 Å². The largest absolute Gasteiger partial charge is 0.543 e. The van der Waals surface area contributed by atoms with Gasteiger partial charge in [0.05, 0.1) is 0 Å². The normalized spacial score (nSPS) is 19.9. The van der Waals surface area contributed by atoms with Crippen LogP contribution in [0.2, 0.25) is 0 Å². The minimum atomic E-state index is -1.61. The predicted molar refractivity (Wildman–Crippen MR) is 54.9 cm³/mol. The zero-order valence-electron chi connectivity index (χ0n) is 8.29. The van der Waals surface area contributed by atoms with Crippen LogP contribution >= 0.6 is 8.03 Å². The Bertz CT molecular complexity index is 195. The summed E-state index contributed by atoms with van der Waals surface area (Å²) < 4.78 is 16.5. The predicted octanol–water partition coefficient (Wildman–Crippen LogP) is 3.86. The molecule has 0 amide bonds. The summed E-state index contributed by atoms with van der Waals surface area (Å²) in [5.74, 6) is 0.448. The summed E-state index contributed by atoms with van der Waals surface area (Å²) in [5, 5.41) is 0.830. The minimum absolute atomic E-state index is 0.448. The highest BCUT2D eigenvalue weighted by atomic mass is 31.1. The Kier molecular flexibility index (Phi) is 4.61. The Morgan fingerprint density at radius 2 is 2.08 bits per heavy atom. The Morgan fingerprint density at radius 1 is 1.46 bits per heavy atom. The van der Waals surface area contributed by atoms with Crippen molar-refractivity contribution in [3.05, 3.63) is 11.9 Å². The fourth-order valence-electron chi connectivity index (χ4n) is 1.79. The van der Waals surface area contributed by atoms with Crippen LogP contribution in [0, 0.1) is 5.92 Å². The quantitative estimate of drug-likeness (QED) is 0.645. The van der Waals surface area contributed by atoms with E-state index in [1.165, 1.54) is 19.3 Å². The molecule has 2 nitrogen and oxygen atoms in total. The van der Waals surface area contributed by atoms with Gasteiger partial charge in [0.15, 0.2) is 5.31 Å². The van der Waals surface area contributed by atoms with Crippen molar-refractivity contribution in [3.8, 4) is 0 Å². The van der Waals surface area contributed by atoms with Crippen LogP contribution in [0.5, 0.6) is 0 Å². The molecule has 1 rings (SSSR count). The van der Waals surface area contributed by atoms with E-state index in [-0.39, 0.29) is 0 Å². The highest BCUT2D eigenvalue weighted by Crippen LogP contribution is 2.42. The molecule has 0 radical (unpaired) electrons. The summed E-state index contributed by atoms with van der Waals surface area (Å²) in [6.45, 7) is 6.27. The van der Waals surface area contributed by atoms with Gasteiger partial charge in [0, 0.05) is 5.92 Å². The molecule has 1 aliphatic carbocycles. The average Bonchev–Trinajstić information content (AvgIpc) is 2.18. The second-order valence-corrected chi connectivity index (χ2v) is 4.85. The van der Waals surface area contributed by atoms with Crippen molar-refractivity contribution in [1.29, 1.82) is 0 Å². The van der Waals surface area contributed by atoms with Crippen molar-refractivity contribution in [2.24, 2.45) is 5.92 Å². The van der Waals surface area contributed by atoms with Crippen molar-refractivity contribution in [1.82, 2.24) is 0 Å². The summed E-state index contributed by atoms with van der Waals surface area (Å²) in [6.07, 6.45) is 6.10. The molecule has 1 atom stereocenters. The van der Waals surface area contributed by atoms with Gasteiger partial charge in [0.2, 0.25) is 0 Å². The zero-order valence-corrected chi connectivity index (χ0v) is 9.19. The standard InChI is InChI=1S/C10H18O2P/c1-3-12-13(11)9(2)10-7-5-4-6-8-10/h10H,2-8H2,1H3/q+1. The topological polar surface area (TPSA) is 26.3 Å². The Hall–Kier alpha value is -0.200. The Morgan fingerprint density at radius 3 is 2.62 bits per heavy atom. The van der Waals surface area contributed by atoms with E-state index < -0.39 is 8.03 Å². The van der Waals surface area contributed by atoms with E-state index in [1.54, 1.807) is 0 Å². The van der Waals surface area contributed by atoms with E-state index in [1.807, 2.05) is 6.92 Å². The van der Waals surface area contributed by atoms with Gasteiger partial charge in [-0.15, -0.1) is 4.52 Å². The van der Waals surface area contributed by atoms with Crippen LogP contribution in [0.4, 0.5) is 0 Å². The van der Waals surface area contributed by atoms with Crippen LogP contribution in [-0.2, 0) is 9.09 Å². The fraction of sp³-hybridized carbons (Fsp3) is 0.800. The van der Waals surface area contributed by atoms with Gasteiger partial charge in [-0.05, 0) is 30.9 Å². The molecule has 0 aromatic heterocycles. The lowest BCUT2D eigenvalue weighted by molar-refractivity contribution is 0.344. The van der Waals surface area contributed by atoms with Crippen molar-refractivity contribution in [3.63, 3.8) is 0 Å². The van der Waals surface area contributed by atoms with Gasteiger partial charge in [-0.2, -0.15) is 0 Å². The molecule has 0 N–H and O–H groups in total. The molecule has 1 aliphatic rings. The lowest BCUT2D eigenvalue weighted by Crippen LogP contribution is -2.06. The molecular weight excluding hydrogens is 183 g/mol. The second-order valence-electron chi connectivity index (χ2n) is 3.50. The lowest BCUT2D eigenvalue weighted by Gasteiger charge is -2.17. The first-order valence-electron chi connectivity index (χ1n) is 5.04. The van der Waals surface area contributed by atoms with E-state index in [9.17, 15) is 4.57 Å².